The number of carbonyl (C=O) groups is 2. The average molecular weight is 278 g/mol. The Morgan fingerprint density at radius 1 is 1.50 bits per heavy atom. The van der Waals surface area contributed by atoms with Crippen LogP contribution >= 0.6 is 0 Å². The van der Waals surface area contributed by atoms with Gasteiger partial charge in [0.05, 0.1) is 12.2 Å². The van der Waals surface area contributed by atoms with E-state index in [0.717, 1.165) is 0 Å². The number of amides is 1. The molecule has 0 radical (unpaired) electrons. The number of carboxylic acids is 1. The van der Waals surface area contributed by atoms with Crippen molar-refractivity contribution in [1.29, 1.82) is 0 Å². The molecule has 1 aromatic carbocycles. The normalized spacial score (nSPS) is 15.2. The Balaban J connectivity index is 2.36. The number of carbonyl (C=O) groups excluding carboxylic acids is 1. The van der Waals surface area contributed by atoms with Crippen molar-refractivity contribution in [2.45, 2.75) is 13.3 Å². The number of anilines is 1. The molecule has 0 bridgehead atoms. The first-order valence-corrected chi connectivity index (χ1v) is 6.56. The van der Waals surface area contributed by atoms with Crippen LogP contribution < -0.4 is 15.4 Å². The molecule has 3 N–H and O–H groups in total. The van der Waals surface area contributed by atoms with E-state index in [9.17, 15) is 9.59 Å². The van der Waals surface area contributed by atoms with Crippen molar-refractivity contribution >= 4 is 17.6 Å². The van der Waals surface area contributed by atoms with Gasteiger partial charge in [-0.1, -0.05) is 13.0 Å². The third-order valence-electron chi connectivity index (χ3n) is 3.36. The van der Waals surface area contributed by atoms with Crippen molar-refractivity contribution in [2.24, 2.45) is 11.7 Å². The maximum atomic E-state index is 12.4. The summed E-state index contributed by atoms with van der Waals surface area (Å²) in [6.07, 6.45) is 0.601. The number of aromatic carboxylic acids is 1. The van der Waals surface area contributed by atoms with E-state index < -0.39 is 5.97 Å². The predicted octanol–water partition coefficient (Wildman–Crippen LogP) is 1.10. The van der Waals surface area contributed by atoms with Crippen molar-refractivity contribution in [3.05, 3.63) is 23.8 Å². The minimum Gasteiger partial charge on any atom is -0.489 e. The molecule has 1 unspecified atom stereocenters. The summed E-state index contributed by atoms with van der Waals surface area (Å²) < 4.78 is 5.44. The molecule has 1 aliphatic heterocycles. The van der Waals surface area contributed by atoms with Crippen LogP contribution in [0.4, 0.5) is 5.69 Å². The lowest BCUT2D eigenvalue weighted by Crippen LogP contribution is -2.41. The number of carboxylic acid groups (broad SMARTS) is 1. The lowest BCUT2D eigenvalue weighted by atomic mass is 10.0. The zero-order valence-electron chi connectivity index (χ0n) is 11.3. The first kappa shape index (κ1) is 14.3. The number of fused-ring (bicyclic) bond motifs is 1. The van der Waals surface area contributed by atoms with Crippen molar-refractivity contribution in [3.63, 3.8) is 0 Å². The zero-order valence-corrected chi connectivity index (χ0v) is 11.3. The summed E-state index contributed by atoms with van der Waals surface area (Å²) >= 11 is 0. The lowest BCUT2D eigenvalue weighted by Gasteiger charge is -2.32. The highest BCUT2D eigenvalue weighted by atomic mass is 16.5. The molecule has 0 spiro atoms. The second kappa shape index (κ2) is 5.92. The van der Waals surface area contributed by atoms with E-state index in [2.05, 4.69) is 0 Å². The van der Waals surface area contributed by atoms with E-state index in [1.807, 2.05) is 6.92 Å². The number of benzene rings is 1. The molecule has 0 saturated heterocycles. The summed E-state index contributed by atoms with van der Waals surface area (Å²) in [7, 11) is 0. The first-order chi connectivity index (χ1) is 9.56. The van der Waals surface area contributed by atoms with Gasteiger partial charge in [-0.15, -0.1) is 0 Å². The molecule has 2 rings (SSSR count). The maximum Gasteiger partial charge on any atom is 0.339 e. The monoisotopic (exact) mass is 278 g/mol. The van der Waals surface area contributed by atoms with E-state index in [0.29, 0.717) is 31.8 Å². The van der Waals surface area contributed by atoms with E-state index in [1.165, 1.54) is 6.07 Å². The molecule has 6 heteroatoms. The van der Waals surface area contributed by atoms with Gasteiger partial charge in [0.2, 0.25) is 5.91 Å². The highest BCUT2D eigenvalue weighted by molar-refractivity contribution is 6.00. The molecule has 108 valence electrons. The number of hydrogen-bond acceptors (Lipinski definition) is 4. The molecule has 1 amide bonds. The summed E-state index contributed by atoms with van der Waals surface area (Å²) in [6, 6.07) is 4.79. The van der Waals surface area contributed by atoms with Gasteiger partial charge >= 0.3 is 5.97 Å². The number of ether oxygens (including phenoxy) is 1. The topological polar surface area (TPSA) is 92.9 Å². The molecule has 0 aromatic heterocycles. The molecule has 0 aliphatic carbocycles. The van der Waals surface area contributed by atoms with E-state index in [-0.39, 0.29) is 23.1 Å². The summed E-state index contributed by atoms with van der Waals surface area (Å²) in [4.78, 5) is 25.2. The number of rotatable bonds is 4. The number of nitrogens with zero attached hydrogens (tertiary/aromatic N) is 1. The number of para-hydroxylation sites is 1. The Morgan fingerprint density at radius 3 is 2.90 bits per heavy atom. The van der Waals surface area contributed by atoms with Crippen LogP contribution in [0.25, 0.3) is 0 Å². The molecule has 20 heavy (non-hydrogen) atoms. The van der Waals surface area contributed by atoms with Crippen LogP contribution in [0.3, 0.4) is 0 Å². The van der Waals surface area contributed by atoms with Gasteiger partial charge in [-0.2, -0.15) is 0 Å². The highest BCUT2D eigenvalue weighted by Gasteiger charge is 2.29. The predicted molar refractivity (Wildman–Crippen MR) is 74.1 cm³/mol. The standard InChI is InChI=1S/C14H18N2O4/c1-9(5-6-15)13(17)16-7-8-20-12-10(14(18)19)3-2-4-11(12)16/h2-4,9H,5-8,15H2,1H3,(H,18,19). The number of hydrogen-bond donors (Lipinski definition) is 2. The van der Waals surface area contributed by atoms with Gasteiger partial charge in [0.1, 0.15) is 12.2 Å². The van der Waals surface area contributed by atoms with Crippen LogP contribution in [-0.4, -0.2) is 36.7 Å². The molecule has 0 saturated carbocycles. The molecule has 0 fully saturated rings. The fourth-order valence-corrected chi connectivity index (χ4v) is 2.29. The summed E-state index contributed by atoms with van der Waals surface area (Å²) in [5.74, 6) is -1.05. The Bertz CT molecular complexity index is 530. The van der Waals surface area contributed by atoms with Crippen molar-refractivity contribution in [1.82, 2.24) is 0 Å². The van der Waals surface area contributed by atoms with Crippen molar-refractivity contribution in [3.8, 4) is 5.75 Å². The van der Waals surface area contributed by atoms with Crippen LogP contribution in [0.15, 0.2) is 18.2 Å². The highest BCUT2D eigenvalue weighted by Crippen LogP contribution is 2.35. The summed E-state index contributed by atoms with van der Waals surface area (Å²) in [6.45, 7) is 2.98. The van der Waals surface area contributed by atoms with Gasteiger partial charge in [0.15, 0.2) is 5.75 Å². The summed E-state index contributed by atoms with van der Waals surface area (Å²) in [5.41, 5.74) is 6.08. The average Bonchev–Trinajstić information content (AvgIpc) is 2.45. The van der Waals surface area contributed by atoms with Crippen LogP contribution in [-0.2, 0) is 4.79 Å². The summed E-state index contributed by atoms with van der Waals surface area (Å²) in [5, 5.41) is 9.16. The second-order valence-electron chi connectivity index (χ2n) is 4.78. The lowest BCUT2D eigenvalue weighted by molar-refractivity contribution is -0.122. The quantitative estimate of drug-likeness (QED) is 0.860. The van der Waals surface area contributed by atoms with E-state index >= 15 is 0 Å². The third-order valence-corrected chi connectivity index (χ3v) is 3.36. The van der Waals surface area contributed by atoms with Gasteiger partial charge in [-0.25, -0.2) is 4.79 Å². The van der Waals surface area contributed by atoms with Crippen LogP contribution in [0, 0.1) is 5.92 Å². The van der Waals surface area contributed by atoms with Gasteiger partial charge < -0.3 is 20.5 Å². The van der Waals surface area contributed by atoms with Gasteiger partial charge in [-0.05, 0) is 25.1 Å². The Hall–Kier alpha value is -2.08. The Labute approximate surface area is 117 Å². The van der Waals surface area contributed by atoms with Gasteiger partial charge in [0, 0.05) is 5.92 Å². The molecule has 1 atom stereocenters. The first-order valence-electron chi connectivity index (χ1n) is 6.56. The third kappa shape index (κ3) is 2.60. The Kier molecular flexibility index (Phi) is 4.24. The minimum absolute atomic E-state index is 0.0532. The Morgan fingerprint density at radius 2 is 2.25 bits per heavy atom. The van der Waals surface area contributed by atoms with Crippen molar-refractivity contribution in [2.75, 3.05) is 24.6 Å². The van der Waals surface area contributed by atoms with E-state index in [1.54, 1.807) is 17.0 Å². The fourth-order valence-electron chi connectivity index (χ4n) is 2.29. The molecular formula is C14H18N2O4. The van der Waals surface area contributed by atoms with Crippen LogP contribution in [0.5, 0.6) is 5.75 Å². The SMILES string of the molecule is CC(CCN)C(=O)N1CCOc2c(C(=O)O)cccc21. The van der Waals surface area contributed by atoms with Crippen molar-refractivity contribution < 1.29 is 19.4 Å². The van der Waals surface area contributed by atoms with Gasteiger partial charge in [-0.3, -0.25) is 4.79 Å². The molecule has 6 nitrogen and oxygen atoms in total. The minimum atomic E-state index is -1.06. The van der Waals surface area contributed by atoms with Gasteiger partial charge in [0.25, 0.3) is 0 Å². The molecule has 1 aliphatic rings. The smallest absolute Gasteiger partial charge is 0.339 e. The maximum absolute atomic E-state index is 12.4. The molecule has 1 aromatic rings. The molecular weight excluding hydrogens is 260 g/mol. The second-order valence-corrected chi connectivity index (χ2v) is 4.78. The zero-order chi connectivity index (χ0) is 14.7. The fraction of sp³-hybridized carbons (Fsp3) is 0.429. The number of nitrogens with two attached hydrogens (primary N) is 1. The molecule has 1 heterocycles. The van der Waals surface area contributed by atoms with E-state index in [4.69, 9.17) is 15.6 Å². The largest absolute Gasteiger partial charge is 0.489 e. The van der Waals surface area contributed by atoms with Crippen LogP contribution in [0.2, 0.25) is 0 Å². The van der Waals surface area contributed by atoms with Crippen LogP contribution in [0.1, 0.15) is 23.7 Å².